The Kier molecular flexibility index (Phi) is 4.56. The number of hydrogen-bond acceptors (Lipinski definition) is 4. The predicted octanol–water partition coefficient (Wildman–Crippen LogP) is 3.71. The molecular weight excluding hydrogens is 280 g/mol. The lowest BCUT2D eigenvalue weighted by Gasteiger charge is -2.04. The van der Waals surface area contributed by atoms with Gasteiger partial charge in [0.2, 0.25) is 0 Å². The molecule has 1 aromatic heterocycles. The molecule has 19 heavy (non-hydrogen) atoms. The Morgan fingerprint density at radius 2 is 2.00 bits per heavy atom. The third kappa shape index (κ3) is 3.57. The maximum absolute atomic E-state index is 10.7. The number of rotatable bonds is 4. The molecule has 0 amide bonds. The van der Waals surface area contributed by atoms with E-state index >= 15 is 0 Å². The van der Waals surface area contributed by atoms with Gasteiger partial charge in [-0.05, 0) is 29.8 Å². The summed E-state index contributed by atoms with van der Waals surface area (Å²) in [6, 6.07) is 12.7. The molecular formula is C14H9ClN2OS. The van der Waals surface area contributed by atoms with Crippen molar-refractivity contribution in [2.75, 3.05) is 0 Å². The molecule has 0 aliphatic rings. The fourth-order valence-electron chi connectivity index (χ4n) is 1.45. The minimum Gasteiger partial charge on any atom is -0.296 e. The van der Waals surface area contributed by atoms with Gasteiger partial charge in [0, 0.05) is 10.8 Å². The third-order valence-corrected chi connectivity index (χ3v) is 3.73. The largest absolute Gasteiger partial charge is 0.296 e. The van der Waals surface area contributed by atoms with Crippen molar-refractivity contribution in [3.05, 3.63) is 58.2 Å². The van der Waals surface area contributed by atoms with Crippen LogP contribution >= 0.6 is 23.4 Å². The highest BCUT2D eigenvalue weighted by Gasteiger charge is 2.06. The van der Waals surface area contributed by atoms with Crippen LogP contribution in [0.3, 0.4) is 0 Å². The van der Waals surface area contributed by atoms with Crippen molar-refractivity contribution in [1.29, 1.82) is 5.26 Å². The lowest BCUT2D eigenvalue weighted by molar-refractivity contribution is 0.111. The van der Waals surface area contributed by atoms with E-state index in [0.717, 1.165) is 5.56 Å². The highest BCUT2D eigenvalue weighted by molar-refractivity contribution is 7.98. The average molecular weight is 289 g/mol. The van der Waals surface area contributed by atoms with Crippen LogP contribution in [0, 0.1) is 11.3 Å². The summed E-state index contributed by atoms with van der Waals surface area (Å²) in [4.78, 5) is 14.8. The number of halogens is 1. The van der Waals surface area contributed by atoms with Crippen molar-refractivity contribution in [2.24, 2.45) is 0 Å². The summed E-state index contributed by atoms with van der Waals surface area (Å²) in [5, 5.41) is 10.3. The van der Waals surface area contributed by atoms with Crippen LogP contribution in [0.4, 0.5) is 0 Å². The summed E-state index contributed by atoms with van der Waals surface area (Å²) in [7, 11) is 0. The number of benzene rings is 1. The number of thioether (sulfide) groups is 1. The normalized spacial score (nSPS) is 9.89. The van der Waals surface area contributed by atoms with E-state index < -0.39 is 0 Å². The molecule has 0 bridgehead atoms. The quantitative estimate of drug-likeness (QED) is 0.636. The third-order valence-electron chi connectivity index (χ3n) is 2.41. The van der Waals surface area contributed by atoms with Crippen LogP contribution in [0.15, 0.2) is 41.4 Å². The molecule has 0 aliphatic heterocycles. The van der Waals surface area contributed by atoms with Crippen molar-refractivity contribution in [1.82, 2.24) is 4.98 Å². The SMILES string of the molecule is N#Cc1ccc(C=O)nc1SCc1ccc(Cl)cc1. The van der Waals surface area contributed by atoms with Crippen molar-refractivity contribution in [3.8, 4) is 6.07 Å². The standard InChI is InChI=1S/C14H9ClN2OS/c15-12-4-1-10(2-5-12)9-19-14-11(7-16)3-6-13(8-18)17-14/h1-6,8H,9H2. The molecule has 0 unspecified atom stereocenters. The summed E-state index contributed by atoms with van der Waals surface area (Å²) < 4.78 is 0. The number of hydrogen-bond donors (Lipinski definition) is 0. The van der Waals surface area contributed by atoms with Crippen molar-refractivity contribution >= 4 is 29.6 Å². The minimum absolute atomic E-state index is 0.331. The van der Waals surface area contributed by atoms with E-state index in [9.17, 15) is 4.79 Å². The van der Waals surface area contributed by atoms with Gasteiger partial charge in [-0.2, -0.15) is 5.26 Å². The van der Waals surface area contributed by atoms with Crippen molar-refractivity contribution in [2.45, 2.75) is 10.8 Å². The zero-order chi connectivity index (χ0) is 13.7. The van der Waals surface area contributed by atoms with Gasteiger partial charge < -0.3 is 0 Å². The van der Waals surface area contributed by atoms with Crippen LogP contribution < -0.4 is 0 Å². The zero-order valence-corrected chi connectivity index (χ0v) is 11.4. The van der Waals surface area contributed by atoms with E-state index in [1.165, 1.54) is 17.8 Å². The van der Waals surface area contributed by atoms with Gasteiger partial charge in [-0.3, -0.25) is 4.79 Å². The number of nitriles is 1. The summed E-state index contributed by atoms with van der Waals surface area (Å²) in [5.41, 5.74) is 1.89. The molecule has 0 fully saturated rings. The van der Waals surface area contributed by atoms with Gasteiger partial charge in [-0.25, -0.2) is 4.98 Å². The monoisotopic (exact) mass is 288 g/mol. The molecule has 2 rings (SSSR count). The van der Waals surface area contributed by atoms with Crippen LogP contribution in [0.25, 0.3) is 0 Å². The fourth-order valence-corrected chi connectivity index (χ4v) is 2.51. The number of aldehydes is 1. The van der Waals surface area contributed by atoms with E-state index in [1.54, 1.807) is 6.07 Å². The van der Waals surface area contributed by atoms with Gasteiger partial charge in [0.15, 0.2) is 6.29 Å². The van der Waals surface area contributed by atoms with Gasteiger partial charge >= 0.3 is 0 Å². The highest BCUT2D eigenvalue weighted by atomic mass is 35.5. The maximum Gasteiger partial charge on any atom is 0.168 e. The number of carbonyl (C=O) groups is 1. The Balaban J connectivity index is 2.16. The molecule has 0 aliphatic carbocycles. The first-order chi connectivity index (χ1) is 9.22. The van der Waals surface area contributed by atoms with Gasteiger partial charge in [0.1, 0.15) is 16.8 Å². The molecule has 1 heterocycles. The molecule has 5 heteroatoms. The topological polar surface area (TPSA) is 53.8 Å². The summed E-state index contributed by atoms with van der Waals surface area (Å²) in [6.07, 6.45) is 0.674. The first-order valence-electron chi connectivity index (χ1n) is 5.46. The lowest BCUT2D eigenvalue weighted by Crippen LogP contribution is -1.93. The second kappa shape index (κ2) is 6.37. The summed E-state index contributed by atoms with van der Waals surface area (Å²) >= 11 is 7.24. The molecule has 0 radical (unpaired) electrons. The Morgan fingerprint density at radius 3 is 2.63 bits per heavy atom. The van der Waals surface area contributed by atoms with E-state index in [-0.39, 0.29) is 0 Å². The molecule has 0 spiro atoms. The highest BCUT2D eigenvalue weighted by Crippen LogP contribution is 2.25. The summed E-state index contributed by atoms with van der Waals surface area (Å²) in [5.74, 6) is 0.668. The van der Waals surface area contributed by atoms with E-state index in [2.05, 4.69) is 11.1 Å². The van der Waals surface area contributed by atoms with E-state index in [1.807, 2.05) is 24.3 Å². The molecule has 0 saturated carbocycles. The number of nitrogens with zero attached hydrogens (tertiary/aromatic N) is 2. The predicted molar refractivity (Wildman–Crippen MR) is 75.4 cm³/mol. The van der Waals surface area contributed by atoms with Gasteiger partial charge in [0.25, 0.3) is 0 Å². The Labute approximate surface area is 120 Å². The minimum atomic E-state index is 0.331. The zero-order valence-electron chi connectivity index (χ0n) is 9.84. The lowest BCUT2D eigenvalue weighted by atomic mass is 10.2. The number of aromatic nitrogens is 1. The molecule has 94 valence electrons. The van der Waals surface area contributed by atoms with E-state index in [4.69, 9.17) is 16.9 Å². The molecule has 0 atom stereocenters. The van der Waals surface area contributed by atoms with Crippen LogP contribution in [0.5, 0.6) is 0 Å². The van der Waals surface area contributed by atoms with Gasteiger partial charge in [0.05, 0.1) is 5.56 Å². The molecule has 1 aromatic carbocycles. The smallest absolute Gasteiger partial charge is 0.168 e. The summed E-state index contributed by atoms with van der Waals surface area (Å²) in [6.45, 7) is 0. The molecule has 0 saturated heterocycles. The molecule has 2 aromatic rings. The Morgan fingerprint density at radius 1 is 1.26 bits per heavy atom. The fraction of sp³-hybridized carbons (Fsp3) is 0.0714. The number of carbonyl (C=O) groups excluding carboxylic acids is 1. The van der Waals surface area contributed by atoms with Crippen LogP contribution in [-0.2, 0) is 5.75 Å². The van der Waals surface area contributed by atoms with Crippen molar-refractivity contribution in [3.63, 3.8) is 0 Å². The Bertz CT molecular complexity index is 635. The first kappa shape index (κ1) is 13.6. The molecule has 3 nitrogen and oxygen atoms in total. The van der Waals surface area contributed by atoms with Crippen LogP contribution in [-0.4, -0.2) is 11.3 Å². The average Bonchev–Trinajstić information content (AvgIpc) is 2.46. The first-order valence-corrected chi connectivity index (χ1v) is 6.83. The number of pyridine rings is 1. The second-order valence-electron chi connectivity index (χ2n) is 3.73. The maximum atomic E-state index is 10.7. The van der Waals surface area contributed by atoms with Crippen LogP contribution in [0.1, 0.15) is 21.6 Å². The van der Waals surface area contributed by atoms with Gasteiger partial charge in [-0.15, -0.1) is 11.8 Å². The second-order valence-corrected chi connectivity index (χ2v) is 5.13. The molecule has 0 N–H and O–H groups in total. The van der Waals surface area contributed by atoms with Crippen molar-refractivity contribution < 1.29 is 4.79 Å². The van der Waals surface area contributed by atoms with Gasteiger partial charge in [-0.1, -0.05) is 23.7 Å². The van der Waals surface area contributed by atoms with E-state index in [0.29, 0.717) is 33.3 Å². The van der Waals surface area contributed by atoms with Crippen LogP contribution in [0.2, 0.25) is 5.02 Å². The Hall–Kier alpha value is -1.83.